The quantitative estimate of drug-likeness (QED) is 0.681. The number of benzene rings is 1. The van der Waals surface area contributed by atoms with Crippen LogP contribution in [0.25, 0.3) is 0 Å². The van der Waals surface area contributed by atoms with E-state index in [4.69, 9.17) is 4.74 Å². The molecule has 1 aromatic rings. The molecule has 2 heteroatoms. The highest BCUT2D eigenvalue weighted by Gasteiger charge is 2.11. The zero-order valence-electron chi connectivity index (χ0n) is 8.21. The number of fused-ring (bicyclic) bond motifs is 1. The zero-order chi connectivity index (χ0) is 9.26. The molecule has 0 aliphatic carbocycles. The molecule has 2 nitrogen and oxygen atoms in total. The molecule has 0 N–H and O–H groups in total. The second-order valence-electron chi connectivity index (χ2n) is 3.78. The molecule has 0 spiro atoms. The molecule has 1 heterocycles. The summed E-state index contributed by atoms with van der Waals surface area (Å²) < 4.78 is 5.44. The van der Waals surface area contributed by atoms with Crippen molar-refractivity contribution >= 4 is 0 Å². The molecule has 0 fully saturated rings. The van der Waals surface area contributed by atoms with Gasteiger partial charge in [-0.3, -0.25) is 0 Å². The SMILES string of the molecule is CN(C)Cc1ccc2c(c1)CCO2. The van der Waals surface area contributed by atoms with Crippen LogP contribution in [0.1, 0.15) is 11.1 Å². The first-order chi connectivity index (χ1) is 6.25. The summed E-state index contributed by atoms with van der Waals surface area (Å²) >= 11 is 0. The molecule has 0 unspecified atom stereocenters. The van der Waals surface area contributed by atoms with Gasteiger partial charge in [0.2, 0.25) is 0 Å². The Kier molecular flexibility index (Phi) is 2.23. The van der Waals surface area contributed by atoms with Crippen molar-refractivity contribution < 1.29 is 4.74 Å². The van der Waals surface area contributed by atoms with Gasteiger partial charge in [0, 0.05) is 13.0 Å². The van der Waals surface area contributed by atoms with Gasteiger partial charge in [0.25, 0.3) is 0 Å². The predicted molar refractivity (Wildman–Crippen MR) is 53.0 cm³/mol. The third-order valence-corrected chi connectivity index (χ3v) is 2.25. The first-order valence-corrected chi connectivity index (χ1v) is 4.65. The van der Waals surface area contributed by atoms with Crippen LogP contribution in [0.2, 0.25) is 0 Å². The summed E-state index contributed by atoms with van der Waals surface area (Å²) in [6, 6.07) is 6.48. The fraction of sp³-hybridized carbons (Fsp3) is 0.455. The van der Waals surface area contributed by atoms with Crippen molar-refractivity contribution in [3.63, 3.8) is 0 Å². The molecule has 1 aromatic carbocycles. The highest BCUT2D eigenvalue weighted by Crippen LogP contribution is 2.25. The first-order valence-electron chi connectivity index (χ1n) is 4.65. The van der Waals surface area contributed by atoms with Crippen molar-refractivity contribution in [2.45, 2.75) is 13.0 Å². The summed E-state index contributed by atoms with van der Waals surface area (Å²) in [6.07, 6.45) is 1.07. The highest BCUT2D eigenvalue weighted by molar-refractivity contribution is 5.39. The van der Waals surface area contributed by atoms with E-state index in [-0.39, 0.29) is 0 Å². The van der Waals surface area contributed by atoms with Crippen LogP contribution in [-0.4, -0.2) is 25.6 Å². The number of nitrogens with zero attached hydrogens (tertiary/aromatic N) is 1. The number of hydrogen-bond acceptors (Lipinski definition) is 2. The second kappa shape index (κ2) is 3.38. The fourth-order valence-electron chi connectivity index (χ4n) is 1.70. The van der Waals surface area contributed by atoms with Crippen LogP contribution in [0, 0.1) is 0 Å². The van der Waals surface area contributed by atoms with Crippen LogP contribution in [0.3, 0.4) is 0 Å². The summed E-state index contributed by atoms with van der Waals surface area (Å²) in [4.78, 5) is 2.18. The van der Waals surface area contributed by atoms with E-state index >= 15 is 0 Å². The molecule has 0 bridgehead atoms. The largest absolute Gasteiger partial charge is 0.493 e. The molecule has 0 saturated heterocycles. The molecule has 0 radical (unpaired) electrons. The van der Waals surface area contributed by atoms with E-state index in [2.05, 4.69) is 37.2 Å². The van der Waals surface area contributed by atoms with Crippen LogP contribution in [0.4, 0.5) is 0 Å². The van der Waals surface area contributed by atoms with E-state index < -0.39 is 0 Å². The van der Waals surface area contributed by atoms with Crippen LogP contribution in [0.5, 0.6) is 5.75 Å². The average Bonchev–Trinajstić information content (AvgIpc) is 2.49. The molecule has 2 rings (SSSR count). The van der Waals surface area contributed by atoms with E-state index in [0.717, 1.165) is 25.3 Å². The van der Waals surface area contributed by atoms with Gasteiger partial charge in [-0.05, 0) is 31.3 Å². The third-order valence-electron chi connectivity index (χ3n) is 2.25. The predicted octanol–water partition coefficient (Wildman–Crippen LogP) is 1.68. The van der Waals surface area contributed by atoms with Gasteiger partial charge in [0.1, 0.15) is 5.75 Å². The Bertz CT molecular complexity index is 307. The first kappa shape index (κ1) is 8.57. The number of ether oxygens (including phenoxy) is 1. The minimum atomic E-state index is 0.848. The van der Waals surface area contributed by atoms with Crippen molar-refractivity contribution in [1.29, 1.82) is 0 Å². The summed E-state index contributed by atoms with van der Waals surface area (Å²) in [5.74, 6) is 1.07. The standard InChI is InChI=1S/C11H15NO/c1-12(2)8-9-3-4-11-10(7-9)5-6-13-11/h3-4,7H,5-6,8H2,1-2H3. The maximum absolute atomic E-state index is 5.44. The molecule has 1 aliphatic heterocycles. The summed E-state index contributed by atoms with van der Waals surface area (Å²) in [5.41, 5.74) is 2.73. The lowest BCUT2D eigenvalue weighted by Crippen LogP contribution is -2.10. The second-order valence-corrected chi connectivity index (χ2v) is 3.78. The van der Waals surface area contributed by atoms with Gasteiger partial charge in [-0.25, -0.2) is 0 Å². The highest BCUT2D eigenvalue weighted by atomic mass is 16.5. The van der Waals surface area contributed by atoms with Crippen LogP contribution in [0.15, 0.2) is 18.2 Å². The Morgan fingerprint density at radius 2 is 2.23 bits per heavy atom. The van der Waals surface area contributed by atoms with Crippen molar-refractivity contribution in [2.75, 3.05) is 20.7 Å². The van der Waals surface area contributed by atoms with E-state index in [1.54, 1.807) is 0 Å². The van der Waals surface area contributed by atoms with Crippen molar-refractivity contribution in [2.24, 2.45) is 0 Å². The molecular weight excluding hydrogens is 162 g/mol. The van der Waals surface area contributed by atoms with E-state index in [0.29, 0.717) is 0 Å². The van der Waals surface area contributed by atoms with E-state index in [9.17, 15) is 0 Å². The van der Waals surface area contributed by atoms with Gasteiger partial charge >= 0.3 is 0 Å². The smallest absolute Gasteiger partial charge is 0.122 e. The van der Waals surface area contributed by atoms with Crippen molar-refractivity contribution in [1.82, 2.24) is 4.90 Å². The van der Waals surface area contributed by atoms with Gasteiger partial charge in [-0.2, -0.15) is 0 Å². The Morgan fingerprint density at radius 1 is 1.38 bits per heavy atom. The Morgan fingerprint density at radius 3 is 3.00 bits per heavy atom. The van der Waals surface area contributed by atoms with Gasteiger partial charge < -0.3 is 9.64 Å². The summed E-state index contributed by atoms with van der Waals surface area (Å²) in [5, 5.41) is 0. The normalized spacial score (nSPS) is 14.4. The molecule has 0 aromatic heterocycles. The average molecular weight is 177 g/mol. The van der Waals surface area contributed by atoms with Crippen LogP contribution >= 0.6 is 0 Å². The molecule has 13 heavy (non-hydrogen) atoms. The fourth-order valence-corrected chi connectivity index (χ4v) is 1.70. The zero-order valence-corrected chi connectivity index (χ0v) is 8.21. The minimum absolute atomic E-state index is 0.848. The van der Waals surface area contributed by atoms with Crippen LogP contribution in [-0.2, 0) is 13.0 Å². The Hall–Kier alpha value is -1.02. The molecule has 0 saturated carbocycles. The van der Waals surface area contributed by atoms with Gasteiger partial charge in [0.05, 0.1) is 6.61 Å². The lowest BCUT2D eigenvalue weighted by molar-refractivity contribution is 0.356. The summed E-state index contributed by atoms with van der Waals surface area (Å²) in [7, 11) is 4.17. The topological polar surface area (TPSA) is 12.5 Å². The third kappa shape index (κ3) is 1.83. The van der Waals surface area contributed by atoms with Gasteiger partial charge in [-0.1, -0.05) is 12.1 Å². The Balaban J connectivity index is 2.21. The van der Waals surface area contributed by atoms with E-state index in [1.165, 1.54) is 11.1 Å². The number of rotatable bonds is 2. The minimum Gasteiger partial charge on any atom is -0.493 e. The molecule has 70 valence electrons. The lowest BCUT2D eigenvalue weighted by Gasteiger charge is -2.10. The van der Waals surface area contributed by atoms with E-state index in [1.807, 2.05) is 0 Å². The van der Waals surface area contributed by atoms with Gasteiger partial charge in [0.15, 0.2) is 0 Å². The molecule has 0 atom stereocenters. The lowest BCUT2D eigenvalue weighted by atomic mass is 10.1. The van der Waals surface area contributed by atoms with Crippen LogP contribution < -0.4 is 4.74 Å². The monoisotopic (exact) mass is 177 g/mol. The maximum Gasteiger partial charge on any atom is 0.122 e. The van der Waals surface area contributed by atoms with Crippen molar-refractivity contribution in [3.05, 3.63) is 29.3 Å². The molecule has 0 amide bonds. The maximum atomic E-state index is 5.44. The van der Waals surface area contributed by atoms with Crippen molar-refractivity contribution in [3.8, 4) is 5.75 Å². The van der Waals surface area contributed by atoms with Gasteiger partial charge in [-0.15, -0.1) is 0 Å². The number of hydrogen-bond donors (Lipinski definition) is 0. The molecular formula is C11H15NO. The Labute approximate surface area is 79.1 Å². The molecule has 1 aliphatic rings. The summed E-state index contributed by atoms with van der Waals surface area (Å²) in [6.45, 7) is 1.86.